The molecule has 1 amide bonds. The fraction of sp³-hybridized carbons (Fsp3) is 0.857. The van der Waals surface area contributed by atoms with Gasteiger partial charge in [-0.2, -0.15) is 0 Å². The van der Waals surface area contributed by atoms with Gasteiger partial charge in [-0.3, -0.25) is 4.79 Å². The van der Waals surface area contributed by atoms with E-state index in [0.717, 1.165) is 45.1 Å². The van der Waals surface area contributed by atoms with Crippen molar-refractivity contribution in [1.82, 2.24) is 10.6 Å². The van der Waals surface area contributed by atoms with E-state index in [1.54, 1.807) is 0 Å². The molecule has 1 aliphatic carbocycles. The maximum absolute atomic E-state index is 12.1. The van der Waals surface area contributed by atoms with Crippen LogP contribution in [0.4, 0.5) is 0 Å². The zero-order valence-corrected chi connectivity index (χ0v) is 11.4. The predicted octanol–water partition coefficient (Wildman–Crippen LogP) is 1.14. The van der Waals surface area contributed by atoms with Gasteiger partial charge in [-0.1, -0.05) is 19.3 Å². The first-order valence-corrected chi connectivity index (χ1v) is 7.42. The summed E-state index contributed by atoms with van der Waals surface area (Å²) in [5.74, 6) is -0.944. The Kier molecular flexibility index (Phi) is 5.19. The zero-order valence-electron chi connectivity index (χ0n) is 11.4. The van der Waals surface area contributed by atoms with Crippen molar-refractivity contribution >= 4 is 11.9 Å². The lowest BCUT2D eigenvalue weighted by molar-refractivity contribution is -0.144. The third-order valence-electron chi connectivity index (χ3n) is 4.35. The summed E-state index contributed by atoms with van der Waals surface area (Å²) in [6.45, 7) is 1.62. The van der Waals surface area contributed by atoms with Crippen LogP contribution in [-0.4, -0.2) is 36.1 Å². The van der Waals surface area contributed by atoms with Crippen molar-refractivity contribution < 1.29 is 14.7 Å². The number of carbonyl (C=O) groups excluding carboxylic acids is 1. The van der Waals surface area contributed by atoms with Crippen LogP contribution in [0, 0.1) is 11.8 Å². The van der Waals surface area contributed by atoms with E-state index in [2.05, 4.69) is 10.6 Å². The van der Waals surface area contributed by atoms with E-state index in [0.29, 0.717) is 6.54 Å². The first kappa shape index (κ1) is 14.3. The number of hydrogen-bond acceptors (Lipinski definition) is 3. The van der Waals surface area contributed by atoms with Gasteiger partial charge in [-0.25, -0.2) is 4.79 Å². The van der Waals surface area contributed by atoms with E-state index in [1.165, 1.54) is 6.42 Å². The van der Waals surface area contributed by atoms with Gasteiger partial charge in [0.15, 0.2) is 0 Å². The molecule has 1 heterocycles. The molecule has 0 aromatic carbocycles. The van der Waals surface area contributed by atoms with Crippen molar-refractivity contribution in [2.45, 2.75) is 51.0 Å². The van der Waals surface area contributed by atoms with Crippen molar-refractivity contribution in [3.8, 4) is 0 Å². The Bertz CT molecular complexity index is 321. The minimum atomic E-state index is -0.885. The quantitative estimate of drug-likeness (QED) is 0.714. The average molecular weight is 268 g/mol. The zero-order chi connectivity index (χ0) is 13.7. The maximum atomic E-state index is 12.1. The minimum absolute atomic E-state index is 0.0702. The summed E-state index contributed by atoms with van der Waals surface area (Å²) < 4.78 is 0. The molecule has 0 aromatic rings. The molecule has 108 valence electrons. The standard InChI is InChI=1S/C14H24N2O3/c17-13(11-7-4-8-15-9-11)16-12(14(18)19)10-5-2-1-3-6-10/h10-12,15H,1-9H2,(H,16,17)(H,18,19)/t11-,12?/m1/s1. The SMILES string of the molecule is O=C(O)C(NC(=O)[C@@H]1CCCNC1)C1CCCCC1. The van der Waals surface area contributed by atoms with Crippen LogP contribution in [0.25, 0.3) is 0 Å². The largest absolute Gasteiger partial charge is 0.480 e. The molecule has 1 aliphatic heterocycles. The summed E-state index contributed by atoms with van der Waals surface area (Å²) in [7, 11) is 0. The highest BCUT2D eigenvalue weighted by molar-refractivity contribution is 5.85. The monoisotopic (exact) mass is 268 g/mol. The second-order valence-corrected chi connectivity index (χ2v) is 5.77. The molecular weight excluding hydrogens is 244 g/mol. The van der Waals surface area contributed by atoms with Crippen LogP contribution in [0.3, 0.4) is 0 Å². The molecule has 2 aliphatic rings. The number of carboxylic acid groups (broad SMARTS) is 1. The number of hydrogen-bond donors (Lipinski definition) is 3. The summed E-state index contributed by atoms with van der Waals surface area (Å²) >= 11 is 0. The first-order chi connectivity index (χ1) is 9.18. The van der Waals surface area contributed by atoms with Crippen LogP contribution in [0.2, 0.25) is 0 Å². The van der Waals surface area contributed by atoms with Gasteiger partial charge in [0.05, 0.1) is 5.92 Å². The number of carboxylic acids is 1. The van der Waals surface area contributed by atoms with Crippen LogP contribution in [0.5, 0.6) is 0 Å². The topological polar surface area (TPSA) is 78.4 Å². The van der Waals surface area contributed by atoms with Crippen molar-refractivity contribution in [1.29, 1.82) is 0 Å². The van der Waals surface area contributed by atoms with Crippen molar-refractivity contribution in [3.05, 3.63) is 0 Å². The molecule has 0 aromatic heterocycles. The summed E-state index contributed by atoms with van der Waals surface area (Å²) in [5.41, 5.74) is 0. The Hall–Kier alpha value is -1.10. The first-order valence-electron chi connectivity index (χ1n) is 7.42. The molecule has 3 N–H and O–H groups in total. The highest BCUT2D eigenvalue weighted by Gasteiger charge is 2.32. The lowest BCUT2D eigenvalue weighted by Crippen LogP contribution is -2.50. The molecule has 0 spiro atoms. The lowest BCUT2D eigenvalue weighted by Gasteiger charge is -2.30. The molecule has 1 unspecified atom stereocenters. The molecule has 5 heteroatoms. The molecule has 5 nitrogen and oxygen atoms in total. The molecule has 0 bridgehead atoms. The summed E-state index contributed by atoms with van der Waals surface area (Å²) in [5, 5.41) is 15.3. The smallest absolute Gasteiger partial charge is 0.326 e. The third kappa shape index (κ3) is 3.93. The van der Waals surface area contributed by atoms with Gasteiger partial charge in [0.1, 0.15) is 6.04 Å². The van der Waals surface area contributed by atoms with Crippen LogP contribution in [-0.2, 0) is 9.59 Å². The Morgan fingerprint density at radius 2 is 1.84 bits per heavy atom. The van der Waals surface area contributed by atoms with Crippen LogP contribution in [0.15, 0.2) is 0 Å². The lowest BCUT2D eigenvalue weighted by atomic mass is 9.83. The minimum Gasteiger partial charge on any atom is -0.480 e. The molecular formula is C14H24N2O3. The summed E-state index contributed by atoms with van der Waals surface area (Å²) in [6.07, 6.45) is 7.02. The van der Waals surface area contributed by atoms with E-state index < -0.39 is 12.0 Å². The molecule has 19 heavy (non-hydrogen) atoms. The molecule has 1 saturated carbocycles. The summed E-state index contributed by atoms with van der Waals surface area (Å²) in [6, 6.07) is -0.699. The number of rotatable bonds is 4. The van der Waals surface area contributed by atoms with Crippen LogP contribution in [0.1, 0.15) is 44.9 Å². The van der Waals surface area contributed by atoms with E-state index in [-0.39, 0.29) is 17.7 Å². The Labute approximate surface area is 114 Å². The number of nitrogens with one attached hydrogen (secondary N) is 2. The van der Waals surface area contributed by atoms with Gasteiger partial charge >= 0.3 is 5.97 Å². The Morgan fingerprint density at radius 1 is 1.11 bits per heavy atom. The van der Waals surface area contributed by atoms with E-state index >= 15 is 0 Å². The third-order valence-corrected chi connectivity index (χ3v) is 4.35. The van der Waals surface area contributed by atoms with Crippen LogP contribution >= 0.6 is 0 Å². The fourth-order valence-electron chi connectivity index (χ4n) is 3.20. The predicted molar refractivity (Wildman–Crippen MR) is 71.7 cm³/mol. The van der Waals surface area contributed by atoms with Crippen molar-refractivity contribution in [3.63, 3.8) is 0 Å². The van der Waals surface area contributed by atoms with Gasteiger partial charge in [-0.15, -0.1) is 0 Å². The van der Waals surface area contributed by atoms with Crippen molar-refractivity contribution in [2.24, 2.45) is 11.8 Å². The average Bonchev–Trinajstić information content (AvgIpc) is 2.46. The fourth-order valence-corrected chi connectivity index (χ4v) is 3.20. The second-order valence-electron chi connectivity index (χ2n) is 5.77. The number of carbonyl (C=O) groups is 2. The van der Waals surface area contributed by atoms with Gasteiger partial charge in [0, 0.05) is 6.54 Å². The summed E-state index contributed by atoms with van der Waals surface area (Å²) in [4.78, 5) is 23.5. The van der Waals surface area contributed by atoms with Gasteiger partial charge in [0.25, 0.3) is 0 Å². The Morgan fingerprint density at radius 3 is 2.42 bits per heavy atom. The number of piperidine rings is 1. The number of amides is 1. The maximum Gasteiger partial charge on any atom is 0.326 e. The van der Waals surface area contributed by atoms with E-state index in [1.807, 2.05) is 0 Å². The van der Waals surface area contributed by atoms with Gasteiger partial charge < -0.3 is 15.7 Å². The molecule has 2 fully saturated rings. The molecule has 2 rings (SSSR count). The normalized spacial score (nSPS) is 26.6. The number of aliphatic carboxylic acids is 1. The highest BCUT2D eigenvalue weighted by Crippen LogP contribution is 2.27. The molecule has 2 atom stereocenters. The molecule has 1 saturated heterocycles. The molecule has 0 radical (unpaired) electrons. The van der Waals surface area contributed by atoms with Gasteiger partial charge in [0.2, 0.25) is 5.91 Å². The van der Waals surface area contributed by atoms with E-state index in [9.17, 15) is 14.7 Å². The second kappa shape index (κ2) is 6.89. The van der Waals surface area contributed by atoms with E-state index in [4.69, 9.17) is 0 Å². The van der Waals surface area contributed by atoms with Crippen molar-refractivity contribution in [2.75, 3.05) is 13.1 Å². The highest BCUT2D eigenvalue weighted by atomic mass is 16.4. The van der Waals surface area contributed by atoms with Crippen LogP contribution < -0.4 is 10.6 Å². The Balaban J connectivity index is 1.91. The van der Waals surface area contributed by atoms with Gasteiger partial charge in [-0.05, 0) is 38.1 Å².